The minimum Gasteiger partial charge on any atom is -0.392 e. The molecule has 0 aromatic heterocycles. The number of rotatable bonds is 1. The lowest BCUT2D eigenvalue weighted by molar-refractivity contribution is -0.256. The Kier molecular flexibility index (Phi) is 2.92. The molecule has 4 heteroatoms. The van der Waals surface area contributed by atoms with Gasteiger partial charge in [-0.3, -0.25) is 4.90 Å². The summed E-state index contributed by atoms with van der Waals surface area (Å²) in [4.78, 5) is 2.62. The van der Waals surface area contributed by atoms with Gasteiger partial charge in [0.05, 0.1) is 18.3 Å². The second kappa shape index (κ2) is 4.59. The average Bonchev–Trinajstić information content (AvgIpc) is 3.06. The van der Waals surface area contributed by atoms with Crippen molar-refractivity contribution in [2.75, 3.05) is 13.1 Å². The number of aliphatic hydroxyl groups excluding tert-OH is 3. The van der Waals surface area contributed by atoms with Crippen molar-refractivity contribution in [1.29, 1.82) is 0 Å². The lowest BCUT2D eigenvalue weighted by atomic mass is 9.38. The predicted molar refractivity (Wildman–Crippen MR) is 98.2 cm³/mol. The van der Waals surface area contributed by atoms with E-state index in [4.69, 9.17) is 0 Å². The van der Waals surface area contributed by atoms with Gasteiger partial charge in [-0.25, -0.2) is 0 Å². The van der Waals surface area contributed by atoms with Gasteiger partial charge >= 0.3 is 0 Å². The maximum absolute atomic E-state index is 11.5. The first-order valence-corrected chi connectivity index (χ1v) is 10.8. The first-order chi connectivity index (χ1) is 12.3. The predicted octanol–water partition coefficient (Wildman–Crippen LogP) is 1.79. The Hall–Kier alpha value is -0.420. The third kappa shape index (κ3) is 1.34. The fraction of sp³-hybridized carbons (Fsp3) is 0.909. The summed E-state index contributed by atoms with van der Waals surface area (Å²) in [7, 11) is 0. The minimum absolute atomic E-state index is 0.0155. The molecule has 0 radical (unpaired) electrons. The second-order valence-electron chi connectivity index (χ2n) is 10.8. The number of likely N-dealkylation sites (tertiary alicyclic amines) is 1. The number of nitrogens with zero attached hydrogens (tertiary/aromatic N) is 1. The number of aliphatic hydroxyl groups is 3. The summed E-state index contributed by atoms with van der Waals surface area (Å²) in [5.41, 5.74) is 0.616. The molecule has 144 valence electrons. The van der Waals surface area contributed by atoms with E-state index in [0.717, 1.165) is 50.8 Å². The number of hydrogen-bond donors (Lipinski definition) is 3. The third-order valence-electron chi connectivity index (χ3n) is 10.5. The highest BCUT2D eigenvalue weighted by atomic mass is 16.3. The molecular formula is C22H33NO3. The van der Waals surface area contributed by atoms with E-state index in [-0.39, 0.29) is 34.2 Å². The van der Waals surface area contributed by atoms with Gasteiger partial charge in [0.2, 0.25) is 0 Å². The van der Waals surface area contributed by atoms with Crippen molar-refractivity contribution in [2.24, 2.45) is 39.9 Å². The molecule has 4 nitrogen and oxygen atoms in total. The molecule has 6 saturated carbocycles. The van der Waals surface area contributed by atoms with Crippen LogP contribution < -0.4 is 0 Å². The number of piperidine rings is 1. The molecule has 3 N–H and O–H groups in total. The first kappa shape index (κ1) is 16.5. The van der Waals surface area contributed by atoms with Crippen LogP contribution in [0.15, 0.2) is 12.2 Å². The molecule has 7 aliphatic rings. The summed E-state index contributed by atoms with van der Waals surface area (Å²) in [6.45, 7) is 11.0. The summed E-state index contributed by atoms with van der Waals surface area (Å²) in [5, 5.41) is 34.4. The van der Waals surface area contributed by atoms with Crippen LogP contribution in [-0.2, 0) is 0 Å². The molecule has 7 fully saturated rings. The molecule has 0 aromatic rings. The van der Waals surface area contributed by atoms with Gasteiger partial charge in [0.25, 0.3) is 0 Å². The van der Waals surface area contributed by atoms with Crippen molar-refractivity contribution in [3.05, 3.63) is 12.2 Å². The lowest BCUT2D eigenvalue weighted by Gasteiger charge is -2.69. The van der Waals surface area contributed by atoms with E-state index in [9.17, 15) is 15.3 Å². The highest BCUT2D eigenvalue weighted by molar-refractivity contribution is 5.39. The summed E-state index contributed by atoms with van der Waals surface area (Å²) < 4.78 is 0. The maximum Gasteiger partial charge on any atom is 0.0814 e. The molecular weight excluding hydrogens is 326 g/mol. The second-order valence-corrected chi connectivity index (χ2v) is 10.8. The van der Waals surface area contributed by atoms with Crippen molar-refractivity contribution in [2.45, 2.75) is 70.3 Å². The lowest BCUT2D eigenvalue weighted by Crippen LogP contribution is -2.72. The summed E-state index contributed by atoms with van der Waals surface area (Å²) in [6, 6.07) is 0.319. The van der Waals surface area contributed by atoms with Gasteiger partial charge in [-0.05, 0) is 61.5 Å². The van der Waals surface area contributed by atoms with Gasteiger partial charge in [-0.15, -0.1) is 0 Å². The van der Waals surface area contributed by atoms with Crippen LogP contribution in [0.5, 0.6) is 0 Å². The van der Waals surface area contributed by atoms with Crippen LogP contribution in [0.2, 0.25) is 0 Å². The molecule has 2 spiro atoms. The van der Waals surface area contributed by atoms with E-state index in [2.05, 4.69) is 25.3 Å². The molecule has 1 unspecified atom stereocenters. The Balaban J connectivity index is 1.63. The highest BCUT2D eigenvalue weighted by Crippen LogP contribution is 2.83. The van der Waals surface area contributed by atoms with Crippen molar-refractivity contribution < 1.29 is 15.3 Å². The average molecular weight is 360 g/mol. The molecule has 1 heterocycles. The van der Waals surface area contributed by atoms with Gasteiger partial charge in [0.15, 0.2) is 0 Å². The Labute approximate surface area is 156 Å². The number of fused-ring (bicyclic) bond motifs is 2. The van der Waals surface area contributed by atoms with E-state index in [0.29, 0.717) is 17.9 Å². The Morgan fingerprint density at radius 3 is 2.69 bits per heavy atom. The van der Waals surface area contributed by atoms with E-state index in [1.807, 2.05) is 0 Å². The van der Waals surface area contributed by atoms with Gasteiger partial charge < -0.3 is 15.3 Å². The van der Waals surface area contributed by atoms with E-state index >= 15 is 0 Å². The summed E-state index contributed by atoms with van der Waals surface area (Å²) in [5.74, 6) is 0.921. The maximum atomic E-state index is 11.5. The van der Waals surface area contributed by atoms with Crippen LogP contribution in [0.3, 0.4) is 0 Å². The Bertz CT molecular complexity index is 695. The SMILES string of the molecule is C=C1[C@H]2CC[C@@]3([C@@H]1O)[C@@H]([C@H]2O)[C@@]12C4[C@@H]3C[C@@H]1[C@@](C)(CC[C@@H]2O)CN4CC. The molecule has 1 aliphatic heterocycles. The highest BCUT2D eigenvalue weighted by Gasteiger charge is 2.86. The smallest absolute Gasteiger partial charge is 0.0814 e. The van der Waals surface area contributed by atoms with Gasteiger partial charge in [0, 0.05) is 35.3 Å². The normalized spacial score (nSPS) is 65.5. The van der Waals surface area contributed by atoms with E-state index in [1.165, 1.54) is 0 Å². The molecule has 1 saturated heterocycles. The molecule has 26 heavy (non-hydrogen) atoms. The molecule has 7 rings (SSSR count). The molecule has 7 bridgehead atoms. The monoisotopic (exact) mass is 359 g/mol. The zero-order valence-corrected chi connectivity index (χ0v) is 16.1. The minimum atomic E-state index is -0.500. The van der Waals surface area contributed by atoms with Gasteiger partial charge in [-0.2, -0.15) is 0 Å². The summed E-state index contributed by atoms with van der Waals surface area (Å²) >= 11 is 0. The van der Waals surface area contributed by atoms with Crippen LogP contribution in [0, 0.1) is 39.9 Å². The van der Waals surface area contributed by atoms with E-state index < -0.39 is 12.2 Å². The van der Waals surface area contributed by atoms with Crippen molar-refractivity contribution in [3.63, 3.8) is 0 Å². The topological polar surface area (TPSA) is 63.9 Å². The van der Waals surface area contributed by atoms with Crippen LogP contribution in [-0.4, -0.2) is 57.7 Å². The zero-order valence-electron chi connectivity index (χ0n) is 16.1. The van der Waals surface area contributed by atoms with Crippen LogP contribution in [0.4, 0.5) is 0 Å². The van der Waals surface area contributed by atoms with Crippen molar-refractivity contribution in [1.82, 2.24) is 4.90 Å². The summed E-state index contributed by atoms with van der Waals surface area (Å²) in [6.07, 6.45) is 3.73. The largest absolute Gasteiger partial charge is 0.392 e. The van der Waals surface area contributed by atoms with Gasteiger partial charge in [-0.1, -0.05) is 20.4 Å². The molecule has 0 aromatic carbocycles. The Morgan fingerprint density at radius 1 is 1.19 bits per heavy atom. The third-order valence-corrected chi connectivity index (χ3v) is 10.5. The van der Waals surface area contributed by atoms with E-state index in [1.54, 1.807) is 0 Å². The van der Waals surface area contributed by atoms with Crippen molar-refractivity contribution >= 4 is 0 Å². The molecule has 0 amide bonds. The zero-order chi connectivity index (χ0) is 18.2. The fourth-order valence-corrected chi connectivity index (χ4v) is 10.0. The fourth-order valence-electron chi connectivity index (χ4n) is 10.0. The quantitative estimate of drug-likeness (QED) is 0.625. The number of hydrogen-bond acceptors (Lipinski definition) is 4. The standard InChI is InChI=1S/C22H33NO3/c1-4-23-10-20(3)7-6-15(24)22-14(20)9-13(18(22)23)21-8-5-12(11(2)19(21)26)16(25)17(21)22/h12-19,24-26H,2,4-10H2,1,3H3/t12-,13+,14-,15+,16+,17-,18?,19-,20+,21+,22-/m1/s1. The van der Waals surface area contributed by atoms with Crippen molar-refractivity contribution in [3.8, 4) is 0 Å². The first-order valence-electron chi connectivity index (χ1n) is 10.8. The Morgan fingerprint density at radius 2 is 1.96 bits per heavy atom. The molecule has 6 aliphatic carbocycles. The van der Waals surface area contributed by atoms with Crippen LogP contribution in [0.1, 0.15) is 46.0 Å². The van der Waals surface area contributed by atoms with Crippen LogP contribution in [0.25, 0.3) is 0 Å². The van der Waals surface area contributed by atoms with Crippen LogP contribution >= 0.6 is 0 Å². The molecule has 11 atom stereocenters. The van der Waals surface area contributed by atoms with Gasteiger partial charge in [0.1, 0.15) is 0 Å².